The van der Waals surface area contributed by atoms with Gasteiger partial charge in [-0.05, 0) is 42.3 Å². The second-order valence-corrected chi connectivity index (χ2v) is 6.20. The number of aryl methyl sites for hydroxylation is 1. The van der Waals surface area contributed by atoms with Crippen LogP contribution in [0.2, 0.25) is 0 Å². The highest BCUT2D eigenvalue weighted by Crippen LogP contribution is 2.29. The maximum absolute atomic E-state index is 12.5. The van der Waals surface area contributed by atoms with E-state index in [1.54, 1.807) is 19.1 Å². The molecule has 0 unspecified atom stereocenters. The molecule has 0 aliphatic rings. The van der Waals surface area contributed by atoms with Gasteiger partial charge >= 0.3 is 12.1 Å². The van der Waals surface area contributed by atoms with E-state index >= 15 is 0 Å². The SMILES string of the molecule is Cc1ccc(C(=O)O)c(NC(=O)SCc2ccc(C(F)(F)F)cc2)c1. The number of amides is 1. The van der Waals surface area contributed by atoms with Gasteiger partial charge in [-0.25, -0.2) is 4.79 Å². The number of alkyl halides is 3. The van der Waals surface area contributed by atoms with Gasteiger partial charge in [0.1, 0.15) is 0 Å². The van der Waals surface area contributed by atoms with E-state index in [1.807, 2.05) is 0 Å². The summed E-state index contributed by atoms with van der Waals surface area (Å²) in [6, 6.07) is 9.08. The molecule has 0 atom stereocenters. The molecule has 0 aliphatic carbocycles. The van der Waals surface area contributed by atoms with E-state index in [0.717, 1.165) is 29.5 Å². The second kappa shape index (κ2) is 7.60. The first-order chi connectivity index (χ1) is 11.7. The van der Waals surface area contributed by atoms with Gasteiger partial charge in [-0.1, -0.05) is 30.0 Å². The molecule has 2 aromatic carbocycles. The molecule has 4 nitrogen and oxygen atoms in total. The van der Waals surface area contributed by atoms with Crippen molar-refractivity contribution in [1.29, 1.82) is 0 Å². The molecule has 0 aromatic heterocycles. The molecular weight excluding hydrogens is 355 g/mol. The van der Waals surface area contributed by atoms with E-state index in [0.29, 0.717) is 5.56 Å². The Morgan fingerprint density at radius 1 is 1.12 bits per heavy atom. The molecular formula is C17H14F3NO3S. The van der Waals surface area contributed by atoms with Gasteiger partial charge in [-0.3, -0.25) is 4.79 Å². The van der Waals surface area contributed by atoms with Crippen molar-refractivity contribution in [1.82, 2.24) is 0 Å². The number of carbonyl (C=O) groups excluding carboxylic acids is 1. The number of halogens is 3. The summed E-state index contributed by atoms with van der Waals surface area (Å²) < 4.78 is 37.5. The first kappa shape index (κ1) is 18.9. The largest absolute Gasteiger partial charge is 0.478 e. The highest BCUT2D eigenvalue weighted by molar-refractivity contribution is 8.13. The number of anilines is 1. The van der Waals surface area contributed by atoms with Gasteiger partial charge in [-0.15, -0.1) is 0 Å². The average Bonchev–Trinajstić information content (AvgIpc) is 2.52. The Morgan fingerprint density at radius 3 is 2.32 bits per heavy atom. The standard InChI is InChI=1S/C17H14F3NO3S/c1-10-2-7-13(15(22)23)14(8-10)21-16(24)25-9-11-3-5-12(6-4-11)17(18,19)20/h2-8H,9H2,1H3,(H,21,24)(H,22,23). The van der Waals surface area contributed by atoms with Crippen LogP contribution in [0.25, 0.3) is 0 Å². The predicted molar refractivity (Wildman–Crippen MR) is 89.9 cm³/mol. The van der Waals surface area contributed by atoms with Gasteiger partial charge < -0.3 is 10.4 Å². The number of nitrogens with one attached hydrogen (secondary N) is 1. The summed E-state index contributed by atoms with van der Waals surface area (Å²) in [5, 5.41) is 11.1. The fourth-order valence-corrected chi connectivity index (χ4v) is 2.71. The van der Waals surface area contributed by atoms with Crippen LogP contribution in [0.1, 0.15) is 27.0 Å². The summed E-state index contributed by atoms with van der Waals surface area (Å²) in [5.74, 6) is -0.999. The van der Waals surface area contributed by atoms with Crippen LogP contribution in [0.3, 0.4) is 0 Å². The smallest absolute Gasteiger partial charge is 0.416 e. The first-order valence-corrected chi connectivity index (χ1v) is 8.09. The molecule has 0 bridgehead atoms. The van der Waals surface area contributed by atoms with Gasteiger partial charge in [-0.2, -0.15) is 13.2 Å². The molecule has 2 aromatic rings. The number of carboxylic acids is 1. The predicted octanol–water partition coefficient (Wildman–Crippen LogP) is 5.18. The minimum absolute atomic E-state index is 0.0333. The first-order valence-electron chi connectivity index (χ1n) is 7.10. The zero-order valence-corrected chi connectivity index (χ0v) is 13.9. The minimum Gasteiger partial charge on any atom is -0.478 e. The average molecular weight is 369 g/mol. The monoisotopic (exact) mass is 369 g/mol. The van der Waals surface area contributed by atoms with Gasteiger partial charge in [0, 0.05) is 5.75 Å². The Labute approximate surface area is 146 Å². The van der Waals surface area contributed by atoms with Crippen LogP contribution >= 0.6 is 11.8 Å². The van der Waals surface area contributed by atoms with Gasteiger partial charge in [0.05, 0.1) is 16.8 Å². The number of hydrogen-bond donors (Lipinski definition) is 2. The molecule has 0 heterocycles. The van der Waals surface area contributed by atoms with Crippen LogP contribution in [0.5, 0.6) is 0 Å². The van der Waals surface area contributed by atoms with Crippen LogP contribution in [0.15, 0.2) is 42.5 Å². The van der Waals surface area contributed by atoms with Crippen molar-refractivity contribution < 1.29 is 27.9 Å². The van der Waals surface area contributed by atoms with E-state index in [9.17, 15) is 22.8 Å². The molecule has 1 amide bonds. The molecule has 0 radical (unpaired) electrons. The summed E-state index contributed by atoms with van der Waals surface area (Å²) in [4.78, 5) is 23.1. The van der Waals surface area contributed by atoms with Crippen molar-refractivity contribution in [2.24, 2.45) is 0 Å². The molecule has 0 saturated heterocycles. The van der Waals surface area contributed by atoms with Crippen LogP contribution in [0, 0.1) is 6.92 Å². The Hall–Kier alpha value is -2.48. The lowest BCUT2D eigenvalue weighted by molar-refractivity contribution is -0.137. The van der Waals surface area contributed by atoms with Crippen LogP contribution in [0.4, 0.5) is 23.7 Å². The fourth-order valence-electron chi connectivity index (χ4n) is 2.03. The number of carboxylic acid groups (broad SMARTS) is 1. The fraction of sp³-hybridized carbons (Fsp3) is 0.176. The van der Waals surface area contributed by atoms with Gasteiger partial charge in [0.2, 0.25) is 0 Å². The Morgan fingerprint density at radius 2 is 1.76 bits per heavy atom. The number of thioether (sulfide) groups is 1. The Bertz CT molecular complexity index is 789. The third-order valence-corrected chi connectivity index (χ3v) is 4.14. The zero-order chi connectivity index (χ0) is 18.6. The molecule has 25 heavy (non-hydrogen) atoms. The van der Waals surface area contributed by atoms with Crippen LogP contribution in [-0.2, 0) is 11.9 Å². The van der Waals surface area contributed by atoms with Crippen molar-refractivity contribution in [2.75, 3.05) is 5.32 Å². The molecule has 132 valence electrons. The van der Waals surface area contributed by atoms with E-state index in [4.69, 9.17) is 5.11 Å². The van der Waals surface area contributed by atoms with E-state index in [1.165, 1.54) is 18.2 Å². The number of aromatic carboxylic acids is 1. The van der Waals surface area contributed by atoms with Crippen LogP contribution in [-0.4, -0.2) is 16.3 Å². The van der Waals surface area contributed by atoms with Crippen molar-refractivity contribution in [3.05, 3.63) is 64.7 Å². The highest BCUT2D eigenvalue weighted by atomic mass is 32.2. The third-order valence-electron chi connectivity index (χ3n) is 3.29. The Kier molecular flexibility index (Phi) is 5.73. The summed E-state index contributed by atoms with van der Waals surface area (Å²) in [7, 11) is 0. The third kappa shape index (κ3) is 5.25. The number of rotatable bonds is 4. The lowest BCUT2D eigenvalue weighted by Crippen LogP contribution is -2.10. The zero-order valence-electron chi connectivity index (χ0n) is 13.1. The molecule has 0 fully saturated rings. The van der Waals surface area contributed by atoms with E-state index in [2.05, 4.69) is 5.32 Å². The van der Waals surface area contributed by atoms with Crippen molar-refractivity contribution in [3.63, 3.8) is 0 Å². The van der Waals surface area contributed by atoms with Crippen molar-refractivity contribution >= 4 is 28.7 Å². The Balaban J connectivity index is 2.00. The van der Waals surface area contributed by atoms with Gasteiger partial charge in [0.25, 0.3) is 5.24 Å². The highest BCUT2D eigenvalue weighted by Gasteiger charge is 2.29. The normalized spacial score (nSPS) is 11.2. The molecule has 0 spiro atoms. The second-order valence-electron chi connectivity index (χ2n) is 5.25. The number of carbonyl (C=O) groups is 2. The summed E-state index contributed by atoms with van der Waals surface area (Å²) >= 11 is 0.840. The van der Waals surface area contributed by atoms with Gasteiger partial charge in [0.15, 0.2) is 0 Å². The maximum Gasteiger partial charge on any atom is 0.416 e. The number of benzene rings is 2. The lowest BCUT2D eigenvalue weighted by Gasteiger charge is -2.10. The molecule has 2 rings (SSSR count). The van der Waals surface area contributed by atoms with Crippen LogP contribution < -0.4 is 5.32 Å². The maximum atomic E-state index is 12.5. The van der Waals surface area contributed by atoms with Crippen molar-refractivity contribution in [3.8, 4) is 0 Å². The molecule has 0 aliphatic heterocycles. The minimum atomic E-state index is -4.40. The number of hydrogen-bond acceptors (Lipinski definition) is 3. The molecule has 0 saturated carbocycles. The summed E-state index contributed by atoms with van der Waals surface area (Å²) in [6.45, 7) is 1.76. The topological polar surface area (TPSA) is 66.4 Å². The quantitative estimate of drug-likeness (QED) is 0.780. The summed E-state index contributed by atoms with van der Waals surface area (Å²) in [5.41, 5.74) is 0.729. The molecule has 2 N–H and O–H groups in total. The van der Waals surface area contributed by atoms with E-state index < -0.39 is 22.9 Å². The van der Waals surface area contributed by atoms with E-state index in [-0.39, 0.29) is 17.0 Å². The molecule has 8 heteroatoms. The summed E-state index contributed by atoms with van der Waals surface area (Å²) in [6.07, 6.45) is -4.40. The lowest BCUT2D eigenvalue weighted by atomic mass is 10.1. The van der Waals surface area contributed by atoms with Crippen molar-refractivity contribution in [2.45, 2.75) is 18.9 Å².